The monoisotopic (exact) mass is 432 g/mol. The molecule has 2 aromatic carbocycles. The van der Waals surface area contributed by atoms with Gasteiger partial charge in [0.2, 0.25) is 5.82 Å². The molecule has 0 saturated heterocycles. The SMILES string of the molecule is CN(C)c1ccc(-c2nn[nH]n2)cc1Sc1nc2ccc(S(C)(=O)=O)cc2s1. The Kier molecular flexibility index (Phi) is 4.81. The second kappa shape index (κ2) is 7.15. The Morgan fingerprint density at radius 3 is 2.64 bits per heavy atom. The quantitative estimate of drug-likeness (QED) is 0.513. The molecule has 0 amide bonds. The predicted octanol–water partition coefficient (Wildman–Crippen LogP) is 3.10. The van der Waals surface area contributed by atoms with Crippen LogP contribution in [0.25, 0.3) is 21.6 Å². The molecule has 2 heterocycles. The Bertz CT molecular complexity index is 1250. The summed E-state index contributed by atoms with van der Waals surface area (Å²) in [6, 6.07) is 11.0. The van der Waals surface area contributed by atoms with Crippen molar-refractivity contribution >= 4 is 48.8 Å². The Morgan fingerprint density at radius 1 is 1.14 bits per heavy atom. The fourth-order valence-corrected chi connectivity index (χ4v) is 5.68. The van der Waals surface area contributed by atoms with E-state index in [1.54, 1.807) is 18.2 Å². The van der Waals surface area contributed by atoms with Gasteiger partial charge >= 0.3 is 0 Å². The van der Waals surface area contributed by atoms with Crippen molar-refractivity contribution in [2.45, 2.75) is 14.1 Å². The van der Waals surface area contributed by atoms with Crippen LogP contribution in [0, 0.1) is 0 Å². The van der Waals surface area contributed by atoms with Gasteiger partial charge in [-0.2, -0.15) is 5.21 Å². The summed E-state index contributed by atoms with van der Waals surface area (Å²) in [5.41, 5.74) is 2.66. The molecule has 0 fully saturated rings. The molecule has 0 aliphatic heterocycles. The van der Waals surface area contributed by atoms with Crippen LogP contribution in [0.15, 0.2) is 50.5 Å². The minimum atomic E-state index is -3.25. The van der Waals surface area contributed by atoms with E-state index in [4.69, 9.17) is 0 Å². The normalized spacial score (nSPS) is 11.8. The zero-order valence-electron chi connectivity index (χ0n) is 15.2. The number of sulfone groups is 1. The zero-order valence-corrected chi connectivity index (χ0v) is 17.7. The first-order chi connectivity index (χ1) is 13.3. The lowest BCUT2D eigenvalue weighted by Crippen LogP contribution is -2.09. The average molecular weight is 433 g/mol. The molecular weight excluding hydrogens is 416 g/mol. The lowest BCUT2D eigenvalue weighted by Gasteiger charge is -2.17. The van der Waals surface area contributed by atoms with Crippen LogP contribution < -0.4 is 4.90 Å². The van der Waals surface area contributed by atoms with E-state index in [1.165, 1.54) is 29.4 Å². The first kappa shape index (κ1) is 18.8. The fourth-order valence-electron chi connectivity index (χ4n) is 2.64. The number of nitrogens with one attached hydrogen (secondary N) is 1. The number of fused-ring (bicyclic) bond motifs is 1. The van der Waals surface area contributed by atoms with E-state index < -0.39 is 9.84 Å². The van der Waals surface area contributed by atoms with Crippen molar-refractivity contribution in [1.29, 1.82) is 0 Å². The van der Waals surface area contributed by atoms with Gasteiger partial charge in [0.05, 0.1) is 20.8 Å². The number of hydrogen-bond acceptors (Lipinski definition) is 9. The number of anilines is 1. The van der Waals surface area contributed by atoms with Crippen molar-refractivity contribution in [2.24, 2.45) is 0 Å². The average Bonchev–Trinajstić information content (AvgIpc) is 3.29. The highest BCUT2D eigenvalue weighted by Gasteiger charge is 2.15. The first-order valence-electron chi connectivity index (χ1n) is 8.15. The molecular formula is C17H16N6O2S3. The van der Waals surface area contributed by atoms with Gasteiger partial charge in [-0.25, -0.2) is 13.4 Å². The standard InChI is InChI=1S/C17H16N6O2S3/c1-23(2)13-7-4-10(16-19-21-22-20-16)8-15(13)27-17-18-12-6-5-11(28(3,24)25)9-14(12)26-17/h4-9H,1-3H3,(H,19,20,21,22). The Labute approximate surface area is 169 Å². The second-order valence-corrected chi connectivity index (χ2v) is 10.6. The van der Waals surface area contributed by atoms with Crippen LogP contribution in [0.3, 0.4) is 0 Å². The number of hydrogen-bond donors (Lipinski definition) is 1. The first-order valence-corrected chi connectivity index (χ1v) is 11.7. The van der Waals surface area contributed by atoms with E-state index in [9.17, 15) is 8.42 Å². The van der Waals surface area contributed by atoms with Gasteiger partial charge in [0, 0.05) is 30.8 Å². The summed E-state index contributed by atoms with van der Waals surface area (Å²) in [5.74, 6) is 0.522. The molecule has 4 aromatic rings. The lowest BCUT2D eigenvalue weighted by atomic mass is 10.2. The summed E-state index contributed by atoms with van der Waals surface area (Å²) >= 11 is 2.99. The number of rotatable bonds is 5. The molecule has 144 valence electrons. The summed E-state index contributed by atoms with van der Waals surface area (Å²) in [6.07, 6.45) is 1.21. The summed E-state index contributed by atoms with van der Waals surface area (Å²) in [7, 11) is 0.703. The van der Waals surface area contributed by atoms with Crippen molar-refractivity contribution in [1.82, 2.24) is 25.6 Å². The molecule has 0 bridgehead atoms. The van der Waals surface area contributed by atoms with Crippen LogP contribution in [0.4, 0.5) is 5.69 Å². The molecule has 1 N–H and O–H groups in total. The van der Waals surface area contributed by atoms with Crippen molar-refractivity contribution in [3.63, 3.8) is 0 Å². The van der Waals surface area contributed by atoms with Gasteiger partial charge in [-0.3, -0.25) is 0 Å². The van der Waals surface area contributed by atoms with Gasteiger partial charge < -0.3 is 4.90 Å². The highest BCUT2D eigenvalue weighted by molar-refractivity contribution is 8.01. The van der Waals surface area contributed by atoms with Crippen LogP contribution in [0.5, 0.6) is 0 Å². The third-order valence-corrected chi connectivity index (χ3v) is 7.25. The van der Waals surface area contributed by atoms with E-state index >= 15 is 0 Å². The predicted molar refractivity (Wildman–Crippen MR) is 111 cm³/mol. The number of benzene rings is 2. The molecule has 0 saturated carbocycles. The topological polar surface area (TPSA) is 105 Å². The lowest BCUT2D eigenvalue weighted by molar-refractivity contribution is 0.602. The fraction of sp³-hybridized carbons (Fsp3) is 0.176. The number of aromatic amines is 1. The molecule has 0 atom stereocenters. The number of tetrazole rings is 1. The van der Waals surface area contributed by atoms with Gasteiger partial charge in [-0.1, -0.05) is 11.8 Å². The Morgan fingerprint density at radius 2 is 1.96 bits per heavy atom. The highest BCUT2D eigenvalue weighted by Crippen LogP contribution is 2.40. The van der Waals surface area contributed by atoms with Gasteiger partial charge in [0.1, 0.15) is 0 Å². The zero-order chi connectivity index (χ0) is 19.9. The second-order valence-electron chi connectivity index (χ2n) is 6.30. The molecule has 0 aliphatic carbocycles. The third kappa shape index (κ3) is 3.73. The van der Waals surface area contributed by atoms with Crippen molar-refractivity contribution < 1.29 is 8.42 Å². The minimum Gasteiger partial charge on any atom is -0.377 e. The Balaban J connectivity index is 1.74. The van der Waals surface area contributed by atoms with Crippen LogP contribution in [-0.2, 0) is 9.84 Å². The van der Waals surface area contributed by atoms with Gasteiger partial charge in [0.15, 0.2) is 14.2 Å². The maximum Gasteiger partial charge on any atom is 0.204 e. The summed E-state index contributed by atoms with van der Waals surface area (Å²) in [5, 5.41) is 14.1. The van der Waals surface area contributed by atoms with Gasteiger partial charge in [0.25, 0.3) is 0 Å². The van der Waals surface area contributed by atoms with Crippen molar-refractivity contribution in [3.05, 3.63) is 36.4 Å². The number of nitrogens with zero attached hydrogens (tertiary/aromatic N) is 5. The van der Waals surface area contributed by atoms with E-state index in [2.05, 4.69) is 25.6 Å². The van der Waals surface area contributed by atoms with E-state index in [1.807, 2.05) is 37.2 Å². The molecule has 2 aromatic heterocycles. The molecule has 0 radical (unpaired) electrons. The number of H-pyrrole nitrogens is 1. The molecule has 0 aliphatic rings. The van der Waals surface area contributed by atoms with Crippen LogP contribution in [-0.4, -0.2) is 54.4 Å². The molecule has 0 spiro atoms. The minimum absolute atomic E-state index is 0.299. The van der Waals surface area contributed by atoms with E-state index in [0.717, 1.165) is 30.7 Å². The third-order valence-electron chi connectivity index (χ3n) is 4.01. The van der Waals surface area contributed by atoms with Gasteiger partial charge in [-0.05, 0) is 41.6 Å². The number of aromatic nitrogens is 5. The maximum absolute atomic E-state index is 11.8. The summed E-state index contributed by atoms with van der Waals surface area (Å²) in [4.78, 5) is 7.96. The van der Waals surface area contributed by atoms with Crippen LogP contribution in [0.1, 0.15) is 0 Å². The molecule has 11 heteroatoms. The van der Waals surface area contributed by atoms with Crippen molar-refractivity contribution in [3.8, 4) is 11.4 Å². The van der Waals surface area contributed by atoms with Crippen LogP contribution in [0.2, 0.25) is 0 Å². The summed E-state index contributed by atoms with van der Waals surface area (Å²) < 4.78 is 25.3. The molecule has 8 nitrogen and oxygen atoms in total. The highest BCUT2D eigenvalue weighted by atomic mass is 32.2. The van der Waals surface area contributed by atoms with E-state index in [0.29, 0.717) is 10.7 Å². The maximum atomic E-state index is 11.8. The smallest absolute Gasteiger partial charge is 0.204 e. The van der Waals surface area contributed by atoms with Gasteiger partial charge in [-0.15, -0.1) is 21.5 Å². The summed E-state index contributed by atoms with van der Waals surface area (Å²) in [6.45, 7) is 0. The number of thiazole rings is 1. The largest absolute Gasteiger partial charge is 0.377 e. The molecule has 28 heavy (non-hydrogen) atoms. The van der Waals surface area contributed by atoms with Crippen LogP contribution >= 0.6 is 23.1 Å². The Hall–Kier alpha value is -2.50. The molecule has 4 rings (SSSR count). The van der Waals surface area contributed by atoms with E-state index in [-0.39, 0.29) is 0 Å². The van der Waals surface area contributed by atoms with Crippen molar-refractivity contribution in [2.75, 3.05) is 25.3 Å². The molecule has 0 unspecified atom stereocenters.